The molecule has 0 unspecified atom stereocenters. The zero-order chi connectivity index (χ0) is 18.6. The zero-order valence-electron chi connectivity index (χ0n) is 14.4. The van der Waals surface area contributed by atoms with Crippen LogP contribution in [0.25, 0.3) is 0 Å². The molecule has 1 aromatic heterocycles. The molecule has 0 bridgehead atoms. The molecule has 7 heteroatoms. The summed E-state index contributed by atoms with van der Waals surface area (Å²) in [5, 5.41) is 5.62. The standard InChI is InChI=1S/C20H17N3O2S2/c24-19-13-27-17-7-6-15(20(25)22-11-18-21-8-9-26-18)10-16(17)23(19)12-14-4-2-1-3-5-14/h1-10H,11-13H2,(H,22,25). The molecule has 1 aliphatic heterocycles. The third-order valence-corrected chi connectivity index (χ3v) is 6.06. The predicted molar refractivity (Wildman–Crippen MR) is 108 cm³/mol. The lowest BCUT2D eigenvalue weighted by Crippen LogP contribution is -2.35. The number of nitrogens with one attached hydrogen (secondary N) is 1. The number of hydrogen-bond donors (Lipinski definition) is 1. The lowest BCUT2D eigenvalue weighted by molar-refractivity contribution is -0.116. The van der Waals surface area contributed by atoms with Gasteiger partial charge in [-0.25, -0.2) is 4.98 Å². The van der Waals surface area contributed by atoms with Crippen molar-refractivity contribution in [3.05, 3.63) is 76.2 Å². The van der Waals surface area contributed by atoms with Gasteiger partial charge in [-0.2, -0.15) is 0 Å². The summed E-state index contributed by atoms with van der Waals surface area (Å²) in [7, 11) is 0. The summed E-state index contributed by atoms with van der Waals surface area (Å²) in [6.07, 6.45) is 1.72. The van der Waals surface area contributed by atoms with Crippen molar-refractivity contribution in [3.8, 4) is 0 Å². The molecule has 2 amide bonds. The molecule has 0 spiro atoms. The van der Waals surface area contributed by atoms with Crippen LogP contribution in [-0.2, 0) is 17.9 Å². The third kappa shape index (κ3) is 4.04. The Bertz CT molecular complexity index is 959. The van der Waals surface area contributed by atoms with Gasteiger partial charge in [0.2, 0.25) is 5.91 Å². The number of anilines is 1. The number of carbonyl (C=O) groups is 2. The average Bonchev–Trinajstić information content (AvgIpc) is 3.22. The van der Waals surface area contributed by atoms with Crippen molar-refractivity contribution in [1.29, 1.82) is 0 Å². The van der Waals surface area contributed by atoms with Crippen LogP contribution in [0.3, 0.4) is 0 Å². The summed E-state index contributed by atoms with van der Waals surface area (Å²) in [6, 6.07) is 15.4. The summed E-state index contributed by atoms with van der Waals surface area (Å²) >= 11 is 3.01. The largest absolute Gasteiger partial charge is 0.346 e. The molecule has 136 valence electrons. The lowest BCUT2D eigenvalue weighted by Gasteiger charge is -2.29. The van der Waals surface area contributed by atoms with E-state index in [1.807, 2.05) is 41.8 Å². The number of carbonyl (C=O) groups excluding carboxylic acids is 2. The van der Waals surface area contributed by atoms with Crippen molar-refractivity contribution in [3.63, 3.8) is 0 Å². The van der Waals surface area contributed by atoms with Gasteiger partial charge in [0.1, 0.15) is 5.01 Å². The Balaban J connectivity index is 1.56. The van der Waals surface area contributed by atoms with Crippen LogP contribution in [0.5, 0.6) is 0 Å². The van der Waals surface area contributed by atoms with Crippen molar-refractivity contribution >= 4 is 40.6 Å². The van der Waals surface area contributed by atoms with Crippen molar-refractivity contribution in [2.24, 2.45) is 0 Å². The Morgan fingerprint density at radius 3 is 2.81 bits per heavy atom. The van der Waals surface area contributed by atoms with Crippen LogP contribution in [0.15, 0.2) is 65.0 Å². The molecule has 0 radical (unpaired) electrons. The second-order valence-electron chi connectivity index (χ2n) is 6.05. The highest BCUT2D eigenvalue weighted by molar-refractivity contribution is 8.00. The lowest BCUT2D eigenvalue weighted by atomic mass is 10.1. The van der Waals surface area contributed by atoms with Crippen LogP contribution in [-0.4, -0.2) is 22.6 Å². The highest BCUT2D eigenvalue weighted by Crippen LogP contribution is 2.36. The van der Waals surface area contributed by atoms with Crippen molar-refractivity contribution in [1.82, 2.24) is 10.3 Å². The van der Waals surface area contributed by atoms with Crippen molar-refractivity contribution in [2.45, 2.75) is 18.0 Å². The molecule has 0 saturated carbocycles. The molecule has 4 rings (SSSR count). The number of rotatable bonds is 5. The first-order valence-corrected chi connectivity index (χ1v) is 10.3. The van der Waals surface area contributed by atoms with Crippen LogP contribution in [0.2, 0.25) is 0 Å². The molecular weight excluding hydrogens is 378 g/mol. The van der Waals surface area contributed by atoms with Crippen LogP contribution in [0, 0.1) is 0 Å². The van der Waals surface area contributed by atoms with Gasteiger partial charge in [0.25, 0.3) is 5.91 Å². The normalized spacial score (nSPS) is 13.3. The third-order valence-electron chi connectivity index (χ3n) is 4.23. The first-order valence-electron chi connectivity index (χ1n) is 8.48. The topological polar surface area (TPSA) is 62.3 Å². The second kappa shape index (κ2) is 7.94. The monoisotopic (exact) mass is 395 g/mol. The predicted octanol–water partition coefficient (Wildman–Crippen LogP) is 3.71. The van der Waals surface area contributed by atoms with E-state index in [0.29, 0.717) is 24.4 Å². The van der Waals surface area contributed by atoms with E-state index in [9.17, 15) is 9.59 Å². The molecule has 2 aromatic carbocycles. The van der Waals surface area contributed by atoms with E-state index < -0.39 is 0 Å². The fourth-order valence-corrected chi connectivity index (χ4v) is 4.35. The highest BCUT2D eigenvalue weighted by Gasteiger charge is 2.26. The summed E-state index contributed by atoms with van der Waals surface area (Å²) in [4.78, 5) is 32.0. The number of nitrogens with zero attached hydrogens (tertiary/aromatic N) is 2. The van der Waals surface area contributed by atoms with E-state index in [4.69, 9.17) is 0 Å². The molecule has 1 N–H and O–H groups in total. The van der Waals surface area contributed by atoms with Gasteiger partial charge in [0.05, 0.1) is 24.5 Å². The SMILES string of the molecule is O=C(NCc1nccs1)c1ccc2c(c1)N(Cc1ccccc1)C(=O)CS2. The minimum Gasteiger partial charge on any atom is -0.346 e. The fourth-order valence-electron chi connectivity index (χ4n) is 2.88. The second-order valence-corrected chi connectivity index (χ2v) is 8.04. The Morgan fingerprint density at radius 1 is 1.19 bits per heavy atom. The molecule has 2 heterocycles. The van der Waals surface area contributed by atoms with Crippen LogP contribution >= 0.6 is 23.1 Å². The molecule has 0 atom stereocenters. The molecule has 0 aliphatic carbocycles. The summed E-state index contributed by atoms with van der Waals surface area (Å²) in [5.74, 6) is 0.294. The van der Waals surface area contributed by atoms with E-state index in [1.54, 1.807) is 23.2 Å². The first kappa shape index (κ1) is 17.8. The number of aromatic nitrogens is 1. The van der Waals surface area contributed by atoms with Gasteiger partial charge in [-0.3, -0.25) is 9.59 Å². The van der Waals surface area contributed by atoms with E-state index in [-0.39, 0.29) is 11.8 Å². The maximum absolute atomic E-state index is 12.5. The van der Waals surface area contributed by atoms with Gasteiger partial charge in [0.15, 0.2) is 0 Å². The van der Waals surface area contributed by atoms with Gasteiger partial charge in [-0.1, -0.05) is 30.3 Å². The van der Waals surface area contributed by atoms with E-state index in [1.165, 1.54) is 23.1 Å². The molecule has 3 aromatic rings. The molecule has 27 heavy (non-hydrogen) atoms. The number of amides is 2. The average molecular weight is 396 g/mol. The molecule has 0 fully saturated rings. The fraction of sp³-hybridized carbons (Fsp3) is 0.150. The van der Waals surface area contributed by atoms with Gasteiger partial charge in [-0.05, 0) is 23.8 Å². The number of benzene rings is 2. The highest BCUT2D eigenvalue weighted by atomic mass is 32.2. The minimum atomic E-state index is -0.171. The van der Waals surface area contributed by atoms with E-state index in [2.05, 4.69) is 10.3 Å². The van der Waals surface area contributed by atoms with E-state index >= 15 is 0 Å². The number of thioether (sulfide) groups is 1. The van der Waals surface area contributed by atoms with Gasteiger partial charge in [0, 0.05) is 22.0 Å². The number of thiazole rings is 1. The first-order chi connectivity index (χ1) is 13.2. The summed E-state index contributed by atoms with van der Waals surface area (Å²) in [5.41, 5.74) is 2.39. The zero-order valence-corrected chi connectivity index (χ0v) is 16.1. The summed E-state index contributed by atoms with van der Waals surface area (Å²) in [6.45, 7) is 0.895. The molecule has 1 aliphatic rings. The molecular formula is C20H17N3O2S2. The van der Waals surface area contributed by atoms with Gasteiger partial charge in [-0.15, -0.1) is 23.1 Å². The Morgan fingerprint density at radius 2 is 2.04 bits per heavy atom. The van der Waals surface area contributed by atoms with Crippen molar-refractivity contribution in [2.75, 3.05) is 10.7 Å². The maximum Gasteiger partial charge on any atom is 0.251 e. The van der Waals surface area contributed by atoms with Crippen LogP contribution in [0.4, 0.5) is 5.69 Å². The Kier molecular flexibility index (Phi) is 5.22. The maximum atomic E-state index is 12.5. The van der Waals surface area contributed by atoms with Gasteiger partial charge >= 0.3 is 0 Å². The number of fused-ring (bicyclic) bond motifs is 1. The van der Waals surface area contributed by atoms with Crippen LogP contribution in [0.1, 0.15) is 20.9 Å². The minimum absolute atomic E-state index is 0.0525. The summed E-state index contributed by atoms with van der Waals surface area (Å²) < 4.78 is 0. The molecule has 0 saturated heterocycles. The van der Waals surface area contributed by atoms with Gasteiger partial charge < -0.3 is 10.2 Å². The Labute approximate surface area is 165 Å². The molecule has 5 nitrogen and oxygen atoms in total. The van der Waals surface area contributed by atoms with Crippen molar-refractivity contribution < 1.29 is 9.59 Å². The number of hydrogen-bond acceptors (Lipinski definition) is 5. The Hall–Kier alpha value is -2.64. The van der Waals surface area contributed by atoms with Crippen LogP contribution < -0.4 is 10.2 Å². The van der Waals surface area contributed by atoms with E-state index in [0.717, 1.165) is 21.2 Å². The smallest absolute Gasteiger partial charge is 0.251 e. The quantitative estimate of drug-likeness (QED) is 0.715.